The van der Waals surface area contributed by atoms with Crippen LogP contribution in [0.4, 0.5) is 18.9 Å². The van der Waals surface area contributed by atoms with Crippen molar-refractivity contribution < 1.29 is 13.2 Å². The van der Waals surface area contributed by atoms with E-state index in [-0.39, 0.29) is 6.54 Å². The van der Waals surface area contributed by atoms with Gasteiger partial charge in [0.25, 0.3) is 0 Å². The van der Waals surface area contributed by atoms with E-state index in [1.54, 1.807) is 11.9 Å². The molecular formula is C14H20BrF3N2. The fourth-order valence-corrected chi connectivity index (χ4v) is 2.52. The van der Waals surface area contributed by atoms with Crippen molar-refractivity contribution in [1.82, 2.24) is 5.32 Å². The highest BCUT2D eigenvalue weighted by atomic mass is 79.9. The van der Waals surface area contributed by atoms with Crippen LogP contribution >= 0.6 is 15.9 Å². The van der Waals surface area contributed by atoms with Crippen molar-refractivity contribution in [2.45, 2.75) is 32.5 Å². The molecule has 2 nitrogen and oxygen atoms in total. The molecule has 0 bridgehead atoms. The molecule has 1 aromatic carbocycles. The average molecular weight is 353 g/mol. The van der Waals surface area contributed by atoms with E-state index in [1.165, 1.54) is 0 Å². The van der Waals surface area contributed by atoms with Crippen LogP contribution in [0, 0.1) is 0 Å². The van der Waals surface area contributed by atoms with Gasteiger partial charge < -0.3 is 10.2 Å². The van der Waals surface area contributed by atoms with Gasteiger partial charge in [0.05, 0.1) is 12.1 Å². The number of benzene rings is 1. The fraction of sp³-hybridized carbons (Fsp3) is 0.571. The molecule has 0 fully saturated rings. The first-order valence-corrected chi connectivity index (χ1v) is 7.40. The predicted molar refractivity (Wildman–Crippen MR) is 80.1 cm³/mol. The normalized spacial score (nSPS) is 11.7. The van der Waals surface area contributed by atoms with Crippen LogP contribution in [0.3, 0.4) is 0 Å². The summed E-state index contributed by atoms with van der Waals surface area (Å²) >= 11 is 3.43. The number of anilines is 1. The van der Waals surface area contributed by atoms with Crippen LogP contribution in [0.1, 0.15) is 25.3 Å². The highest BCUT2D eigenvalue weighted by Gasteiger charge is 2.27. The zero-order valence-corrected chi connectivity index (χ0v) is 13.3. The molecule has 0 radical (unpaired) electrons. The molecule has 6 heteroatoms. The number of nitrogens with zero attached hydrogens (tertiary/aromatic N) is 1. The standard InChI is InChI=1S/C14H20BrF3N2/c1-3-7-19-10-11-4-5-13(12(15)9-11)20(2)8-6-14(16,17)18/h4-5,9,19H,3,6-8,10H2,1-2H3. The average Bonchev–Trinajstić information content (AvgIpc) is 2.35. The first-order chi connectivity index (χ1) is 9.33. The molecule has 1 rings (SSSR count). The van der Waals surface area contributed by atoms with Gasteiger partial charge in [-0.1, -0.05) is 13.0 Å². The summed E-state index contributed by atoms with van der Waals surface area (Å²) in [5.41, 5.74) is 1.88. The Labute approximate surface area is 126 Å². The number of rotatable bonds is 7. The number of hydrogen-bond donors (Lipinski definition) is 1. The van der Waals surface area contributed by atoms with E-state index in [0.717, 1.165) is 35.2 Å². The van der Waals surface area contributed by atoms with Crippen LogP contribution in [0.5, 0.6) is 0 Å². The Bertz CT molecular complexity index is 421. The molecule has 0 saturated carbocycles. The van der Waals surface area contributed by atoms with Gasteiger partial charge in [0.1, 0.15) is 0 Å². The molecule has 114 valence electrons. The van der Waals surface area contributed by atoms with E-state index in [9.17, 15) is 13.2 Å². The third kappa shape index (κ3) is 6.13. The lowest BCUT2D eigenvalue weighted by molar-refractivity contribution is -0.132. The van der Waals surface area contributed by atoms with Crippen molar-refractivity contribution in [2.75, 3.05) is 25.0 Å². The second-order valence-electron chi connectivity index (χ2n) is 4.75. The van der Waals surface area contributed by atoms with Crippen molar-refractivity contribution in [3.63, 3.8) is 0 Å². The Morgan fingerprint density at radius 2 is 2.00 bits per heavy atom. The lowest BCUT2D eigenvalue weighted by atomic mass is 10.2. The SMILES string of the molecule is CCCNCc1ccc(N(C)CCC(F)(F)F)c(Br)c1. The molecule has 0 aliphatic rings. The van der Waals surface area contributed by atoms with Crippen molar-refractivity contribution in [3.05, 3.63) is 28.2 Å². The van der Waals surface area contributed by atoms with Gasteiger partial charge in [-0.3, -0.25) is 0 Å². The second kappa shape index (κ2) is 7.88. The van der Waals surface area contributed by atoms with Crippen LogP contribution in [0.2, 0.25) is 0 Å². The third-order valence-electron chi connectivity index (χ3n) is 2.91. The largest absolute Gasteiger partial charge is 0.390 e. The van der Waals surface area contributed by atoms with Gasteiger partial charge in [-0.2, -0.15) is 13.2 Å². The minimum Gasteiger partial charge on any atom is -0.373 e. The predicted octanol–water partition coefficient (Wildman–Crippen LogP) is 4.34. The van der Waals surface area contributed by atoms with Crippen LogP contribution in [-0.4, -0.2) is 26.3 Å². The molecule has 0 amide bonds. The highest BCUT2D eigenvalue weighted by molar-refractivity contribution is 9.10. The van der Waals surface area contributed by atoms with Crippen molar-refractivity contribution in [2.24, 2.45) is 0 Å². The smallest absolute Gasteiger partial charge is 0.373 e. The minimum absolute atomic E-state index is 0.0461. The highest BCUT2D eigenvalue weighted by Crippen LogP contribution is 2.28. The second-order valence-corrected chi connectivity index (χ2v) is 5.60. The molecular weight excluding hydrogens is 333 g/mol. The Balaban J connectivity index is 2.62. The topological polar surface area (TPSA) is 15.3 Å². The van der Waals surface area contributed by atoms with Gasteiger partial charge in [-0.25, -0.2) is 0 Å². The van der Waals surface area contributed by atoms with Crippen LogP contribution in [-0.2, 0) is 6.54 Å². The number of alkyl halides is 3. The molecule has 0 heterocycles. The van der Waals surface area contributed by atoms with Gasteiger partial charge in [0.2, 0.25) is 0 Å². The Morgan fingerprint density at radius 3 is 2.55 bits per heavy atom. The molecule has 0 saturated heterocycles. The van der Waals surface area contributed by atoms with Crippen LogP contribution in [0.25, 0.3) is 0 Å². The summed E-state index contributed by atoms with van der Waals surface area (Å²) in [7, 11) is 1.67. The van der Waals surface area contributed by atoms with Gasteiger partial charge in [-0.15, -0.1) is 0 Å². The van der Waals surface area contributed by atoms with E-state index in [4.69, 9.17) is 0 Å². The molecule has 0 aliphatic carbocycles. The van der Waals surface area contributed by atoms with Gasteiger partial charge in [-0.05, 0) is 46.6 Å². The lowest BCUT2D eigenvalue weighted by Gasteiger charge is -2.22. The zero-order chi connectivity index (χ0) is 15.2. The van der Waals surface area contributed by atoms with Crippen LogP contribution in [0.15, 0.2) is 22.7 Å². The summed E-state index contributed by atoms with van der Waals surface area (Å²) in [6.45, 7) is 3.76. The van der Waals surface area contributed by atoms with E-state index in [0.29, 0.717) is 0 Å². The zero-order valence-electron chi connectivity index (χ0n) is 11.7. The number of halogens is 4. The Hall–Kier alpha value is -0.750. The van der Waals surface area contributed by atoms with E-state index >= 15 is 0 Å². The van der Waals surface area contributed by atoms with E-state index < -0.39 is 12.6 Å². The molecule has 0 unspecified atom stereocenters. The summed E-state index contributed by atoms with van der Waals surface area (Å²) in [5, 5.41) is 3.29. The maximum absolute atomic E-state index is 12.2. The van der Waals surface area contributed by atoms with Crippen molar-refractivity contribution in [1.29, 1.82) is 0 Å². The molecule has 0 atom stereocenters. The lowest BCUT2D eigenvalue weighted by Crippen LogP contribution is -2.24. The third-order valence-corrected chi connectivity index (χ3v) is 3.55. The summed E-state index contributed by atoms with van der Waals surface area (Å²) in [4.78, 5) is 1.61. The number of hydrogen-bond acceptors (Lipinski definition) is 2. The number of nitrogens with one attached hydrogen (secondary N) is 1. The molecule has 20 heavy (non-hydrogen) atoms. The Kier molecular flexibility index (Phi) is 6.82. The quantitative estimate of drug-likeness (QED) is 0.734. The van der Waals surface area contributed by atoms with Gasteiger partial charge in [0, 0.05) is 24.6 Å². The maximum atomic E-state index is 12.2. The maximum Gasteiger partial charge on any atom is 0.390 e. The van der Waals surface area contributed by atoms with Gasteiger partial charge >= 0.3 is 6.18 Å². The van der Waals surface area contributed by atoms with E-state index in [2.05, 4.69) is 28.2 Å². The van der Waals surface area contributed by atoms with E-state index in [1.807, 2.05) is 18.2 Å². The summed E-state index contributed by atoms with van der Waals surface area (Å²) in [5.74, 6) is 0. The fourth-order valence-electron chi connectivity index (χ4n) is 1.79. The Morgan fingerprint density at radius 1 is 1.30 bits per heavy atom. The van der Waals surface area contributed by atoms with Crippen molar-refractivity contribution >= 4 is 21.6 Å². The first kappa shape index (κ1) is 17.3. The summed E-state index contributed by atoms with van der Waals surface area (Å²) < 4.78 is 37.5. The van der Waals surface area contributed by atoms with Crippen LogP contribution < -0.4 is 10.2 Å². The molecule has 0 aromatic heterocycles. The monoisotopic (exact) mass is 352 g/mol. The first-order valence-electron chi connectivity index (χ1n) is 6.60. The van der Waals surface area contributed by atoms with Gasteiger partial charge in [0.15, 0.2) is 0 Å². The molecule has 1 N–H and O–H groups in total. The summed E-state index contributed by atoms with van der Waals surface area (Å²) in [6.07, 6.45) is -3.86. The molecule has 0 spiro atoms. The molecule has 1 aromatic rings. The minimum atomic E-state index is -4.12. The summed E-state index contributed by atoms with van der Waals surface area (Å²) in [6, 6.07) is 5.73. The van der Waals surface area contributed by atoms with Crippen molar-refractivity contribution in [3.8, 4) is 0 Å². The molecule has 0 aliphatic heterocycles.